The van der Waals surface area contributed by atoms with Gasteiger partial charge in [0.2, 0.25) is 0 Å². The van der Waals surface area contributed by atoms with Crippen molar-refractivity contribution in [2.24, 2.45) is 0 Å². The Balaban J connectivity index is 2.56. The molecule has 4 rings (SSSR count). The van der Waals surface area contributed by atoms with Crippen LogP contribution in [0.2, 0.25) is 5.02 Å². The van der Waals surface area contributed by atoms with E-state index in [0.29, 0.717) is 15.8 Å². The normalized spacial score (nSPS) is 11.7. The topological polar surface area (TPSA) is 17.1 Å². The van der Waals surface area contributed by atoms with Crippen molar-refractivity contribution in [2.45, 2.75) is 0 Å². The summed E-state index contributed by atoms with van der Waals surface area (Å²) in [6, 6.07) is 15.7. The lowest BCUT2D eigenvalue weighted by atomic mass is 10.0. The Morgan fingerprint density at radius 3 is 2.00 bits per heavy atom. The van der Waals surface area contributed by atoms with E-state index in [9.17, 15) is 4.79 Å². The zero-order valence-corrected chi connectivity index (χ0v) is 12.6. The molecule has 4 aromatic rings. The second-order valence-electron chi connectivity index (χ2n) is 4.80. The summed E-state index contributed by atoms with van der Waals surface area (Å²) < 4.78 is 0.794. The molecule has 0 saturated carbocycles. The molecule has 0 aliphatic heterocycles. The Kier molecular flexibility index (Phi) is 2.53. The molecule has 0 fully saturated rings. The maximum absolute atomic E-state index is 12.7. The largest absolute Gasteiger partial charge is 0.289 e. The summed E-state index contributed by atoms with van der Waals surface area (Å²) in [7, 11) is 0. The van der Waals surface area contributed by atoms with Gasteiger partial charge in [0.1, 0.15) is 0 Å². The molecule has 0 atom stereocenters. The van der Waals surface area contributed by atoms with Crippen molar-refractivity contribution in [3.05, 3.63) is 68.2 Å². The minimum atomic E-state index is 0.000000000000000222. The molecule has 0 radical (unpaired) electrons. The van der Waals surface area contributed by atoms with Gasteiger partial charge in [-0.25, -0.2) is 0 Å². The van der Waals surface area contributed by atoms with E-state index in [1.54, 1.807) is 0 Å². The predicted molar refractivity (Wildman–Crippen MR) is 89.1 cm³/mol. The van der Waals surface area contributed by atoms with Gasteiger partial charge in [0.05, 0.1) is 10.4 Å². The summed E-state index contributed by atoms with van der Waals surface area (Å²) in [6.45, 7) is 0. The van der Waals surface area contributed by atoms with Crippen molar-refractivity contribution in [3.8, 4) is 0 Å². The molecule has 20 heavy (non-hydrogen) atoms. The predicted octanol–water partition coefficient (Wildman–Crippen LogP) is 5.36. The number of benzene rings is 2. The first-order valence-corrected chi connectivity index (χ1v) is 7.41. The first-order chi connectivity index (χ1) is 9.70. The third kappa shape index (κ3) is 1.41. The van der Waals surface area contributed by atoms with Crippen molar-refractivity contribution < 1.29 is 0 Å². The standard InChI is InChI=1S/C17H8BrClO/c18-15-12-8-4-2-6-10-9-5-1-3-7-11(9)17(20)14(13(10)12)16(15)19/h1-8H. The summed E-state index contributed by atoms with van der Waals surface area (Å²) in [5.41, 5.74) is 0.000000000000000222. The summed E-state index contributed by atoms with van der Waals surface area (Å²) in [4.78, 5) is 12.7. The second-order valence-corrected chi connectivity index (χ2v) is 5.97. The first kappa shape index (κ1) is 12.1. The lowest BCUT2D eigenvalue weighted by Crippen LogP contribution is -2.01. The van der Waals surface area contributed by atoms with Crippen LogP contribution in [-0.4, -0.2) is 0 Å². The molecule has 1 nitrogen and oxygen atoms in total. The quantitative estimate of drug-likeness (QED) is 0.420. The van der Waals surface area contributed by atoms with Gasteiger partial charge in [0.15, 0.2) is 5.43 Å². The number of rotatable bonds is 0. The fourth-order valence-corrected chi connectivity index (χ4v) is 3.70. The molecule has 0 aromatic heterocycles. The highest BCUT2D eigenvalue weighted by Gasteiger charge is 2.18. The third-order valence-corrected chi connectivity index (χ3v) is 5.19. The average Bonchev–Trinajstić information content (AvgIpc) is 2.64. The van der Waals surface area contributed by atoms with E-state index in [1.807, 2.05) is 48.5 Å². The Labute approximate surface area is 128 Å². The summed E-state index contributed by atoms with van der Waals surface area (Å²) >= 11 is 9.89. The molecule has 3 heteroatoms. The summed E-state index contributed by atoms with van der Waals surface area (Å²) in [5.74, 6) is 0. The number of halogens is 2. The van der Waals surface area contributed by atoms with Gasteiger partial charge in [-0.2, -0.15) is 0 Å². The minimum absolute atomic E-state index is 0.000000000000000222. The highest BCUT2D eigenvalue weighted by Crippen LogP contribution is 2.42. The number of fused-ring (bicyclic) bond motifs is 2. The molecular formula is C17H8BrClO. The van der Waals surface area contributed by atoms with Crippen LogP contribution in [0.5, 0.6) is 0 Å². The first-order valence-electron chi connectivity index (χ1n) is 6.24. The molecule has 0 amide bonds. The van der Waals surface area contributed by atoms with E-state index in [4.69, 9.17) is 11.6 Å². The van der Waals surface area contributed by atoms with Crippen LogP contribution in [0.1, 0.15) is 0 Å². The maximum Gasteiger partial charge on any atom is 0.195 e. The zero-order valence-electron chi connectivity index (χ0n) is 10.3. The highest BCUT2D eigenvalue weighted by atomic mass is 79.9. The van der Waals surface area contributed by atoms with Crippen molar-refractivity contribution in [1.82, 2.24) is 0 Å². The van der Waals surface area contributed by atoms with Crippen molar-refractivity contribution >= 4 is 59.8 Å². The van der Waals surface area contributed by atoms with Crippen LogP contribution in [0.3, 0.4) is 0 Å². The van der Waals surface area contributed by atoms with Crippen LogP contribution < -0.4 is 5.43 Å². The van der Waals surface area contributed by atoms with Gasteiger partial charge in [-0.05, 0) is 32.1 Å². The van der Waals surface area contributed by atoms with Gasteiger partial charge in [0.25, 0.3) is 0 Å². The van der Waals surface area contributed by atoms with Crippen LogP contribution in [0.25, 0.3) is 32.3 Å². The minimum Gasteiger partial charge on any atom is -0.289 e. The van der Waals surface area contributed by atoms with Crippen molar-refractivity contribution in [2.75, 3.05) is 0 Å². The zero-order chi connectivity index (χ0) is 13.9. The summed E-state index contributed by atoms with van der Waals surface area (Å²) in [6.07, 6.45) is 0. The van der Waals surface area contributed by atoms with E-state index in [-0.39, 0.29) is 5.43 Å². The van der Waals surface area contributed by atoms with Gasteiger partial charge < -0.3 is 0 Å². The van der Waals surface area contributed by atoms with Crippen molar-refractivity contribution in [3.63, 3.8) is 0 Å². The Bertz CT molecular complexity index is 1040. The molecule has 0 bridgehead atoms. The van der Waals surface area contributed by atoms with Crippen molar-refractivity contribution in [1.29, 1.82) is 0 Å². The van der Waals surface area contributed by atoms with Crippen LogP contribution in [0, 0.1) is 0 Å². The van der Waals surface area contributed by atoms with E-state index >= 15 is 0 Å². The van der Waals surface area contributed by atoms with E-state index < -0.39 is 0 Å². The van der Waals surface area contributed by atoms with Crippen LogP contribution in [0.4, 0.5) is 0 Å². The Morgan fingerprint density at radius 2 is 1.30 bits per heavy atom. The third-order valence-electron chi connectivity index (χ3n) is 3.76. The number of hydrogen-bond donors (Lipinski definition) is 0. The molecule has 0 unspecified atom stereocenters. The van der Waals surface area contributed by atoms with Gasteiger partial charge in [0, 0.05) is 15.2 Å². The second kappa shape index (κ2) is 4.18. The molecule has 0 saturated heterocycles. The molecule has 96 valence electrons. The van der Waals surface area contributed by atoms with Crippen LogP contribution in [-0.2, 0) is 0 Å². The average molecular weight is 344 g/mol. The molecular weight excluding hydrogens is 336 g/mol. The monoisotopic (exact) mass is 342 g/mol. The lowest BCUT2D eigenvalue weighted by molar-refractivity contribution is 1.75. The highest BCUT2D eigenvalue weighted by molar-refractivity contribution is 9.10. The van der Waals surface area contributed by atoms with Gasteiger partial charge in [-0.15, -0.1) is 0 Å². The molecule has 0 heterocycles. The Hall–Kier alpha value is -1.64. The fraction of sp³-hybridized carbons (Fsp3) is 0. The Morgan fingerprint density at radius 1 is 0.750 bits per heavy atom. The molecule has 0 aliphatic carbocycles. The van der Waals surface area contributed by atoms with E-state index in [2.05, 4.69) is 15.9 Å². The fourth-order valence-electron chi connectivity index (χ4n) is 2.89. The van der Waals surface area contributed by atoms with E-state index in [0.717, 1.165) is 26.0 Å². The molecule has 4 aromatic carbocycles. The molecule has 0 aliphatic rings. The summed E-state index contributed by atoms with van der Waals surface area (Å²) in [5, 5.41) is 5.78. The van der Waals surface area contributed by atoms with Gasteiger partial charge in [-0.3, -0.25) is 4.79 Å². The SMILES string of the molecule is O=c1c2ccccc2c2ccccc3c(Br)c(Cl)c1c32. The maximum atomic E-state index is 12.7. The lowest BCUT2D eigenvalue weighted by Gasteiger charge is -2.01. The van der Waals surface area contributed by atoms with Crippen LogP contribution in [0.15, 0.2) is 57.8 Å². The number of hydrogen-bond acceptors (Lipinski definition) is 1. The van der Waals surface area contributed by atoms with Gasteiger partial charge >= 0.3 is 0 Å². The van der Waals surface area contributed by atoms with Gasteiger partial charge in [-0.1, -0.05) is 60.1 Å². The smallest absolute Gasteiger partial charge is 0.195 e. The molecule has 0 spiro atoms. The van der Waals surface area contributed by atoms with Crippen LogP contribution >= 0.6 is 27.5 Å². The molecule has 0 N–H and O–H groups in total. The van der Waals surface area contributed by atoms with E-state index in [1.165, 1.54) is 0 Å².